The minimum Gasteiger partial charge on any atom is -0.748 e. The van der Waals surface area contributed by atoms with Gasteiger partial charge >= 0.3 is 59.1 Å². The predicted octanol–water partition coefficient (Wildman–Crippen LogP) is -4.00. The van der Waals surface area contributed by atoms with Crippen molar-refractivity contribution in [3.05, 3.63) is 36.2 Å². The first-order valence-corrected chi connectivity index (χ1v) is 12.7. The molecule has 0 spiro atoms. The van der Waals surface area contributed by atoms with E-state index in [0.717, 1.165) is 23.3 Å². The Bertz CT molecular complexity index is 1290. The van der Waals surface area contributed by atoms with Gasteiger partial charge in [-0.1, -0.05) is 11.8 Å². The normalized spacial score (nSPS) is 11.8. The van der Waals surface area contributed by atoms with Crippen molar-refractivity contribution in [2.45, 2.75) is 17.0 Å². The molecule has 0 radical (unpaired) electrons. The van der Waals surface area contributed by atoms with Crippen LogP contribution in [0.2, 0.25) is 0 Å². The summed E-state index contributed by atoms with van der Waals surface area (Å²) >= 11 is 1.98. The molecule has 0 saturated carbocycles. The molecule has 0 atom stereocenters. The van der Waals surface area contributed by atoms with Gasteiger partial charge in [-0.2, -0.15) is 14.5 Å². The van der Waals surface area contributed by atoms with E-state index >= 15 is 0 Å². The van der Waals surface area contributed by atoms with Gasteiger partial charge in [0.05, 0.1) is 32.6 Å². The number of aromatic nitrogens is 4. The average molecular weight is 535 g/mol. The van der Waals surface area contributed by atoms with Gasteiger partial charge in [0.15, 0.2) is 0 Å². The molecule has 18 heteroatoms. The van der Waals surface area contributed by atoms with Gasteiger partial charge in [0.2, 0.25) is 10.3 Å². The first kappa shape index (κ1) is 29.8. The van der Waals surface area contributed by atoms with Gasteiger partial charge in [0, 0.05) is 23.0 Å². The summed E-state index contributed by atoms with van der Waals surface area (Å²) in [6, 6.07) is 5.26. The van der Waals surface area contributed by atoms with E-state index in [1.165, 1.54) is 28.9 Å². The number of benzene rings is 1. The van der Waals surface area contributed by atoms with E-state index in [1.54, 1.807) is 13.1 Å². The maximum Gasteiger partial charge on any atom is 1.00 e. The van der Waals surface area contributed by atoms with Crippen molar-refractivity contribution in [2.24, 2.45) is 10.2 Å². The van der Waals surface area contributed by atoms with E-state index in [-0.39, 0.29) is 74.9 Å². The molecule has 0 saturated heterocycles. The summed E-state index contributed by atoms with van der Waals surface area (Å²) in [5.41, 5.74) is 1.49. The van der Waals surface area contributed by atoms with Crippen molar-refractivity contribution in [3.8, 4) is 5.69 Å². The van der Waals surface area contributed by atoms with Crippen LogP contribution in [0.3, 0.4) is 0 Å². The van der Waals surface area contributed by atoms with Crippen LogP contribution in [0.1, 0.15) is 5.69 Å². The van der Waals surface area contributed by atoms with Gasteiger partial charge < -0.3 is 9.11 Å². The molecule has 12 nitrogen and oxygen atoms in total. The molecular formula is C14H12N6Na2O6S4. The quantitative estimate of drug-likeness (QED) is 0.119. The minimum absolute atomic E-state index is 0. The van der Waals surface area contributed by atoms with Gasteiger partial charge in [-0.25, -0.2) is 21.5 Å². The van der Waals surface area contributed by atoms with E-state index in [9.17, 15) is 25.9 Å². The zero-order valence-electron chi connectivity index (χ0n) is 17.1. The molecule has 2 heterocycles. The molecular weight excluding hydrogens is 522 g/mol. The Balaban J connectivity index is 0.00000256. The Morgan fingerprint density at radius 2 is 1.75 bits per heavy atom. The molecule has 0 aliphatic rings. The second-order valence-electron chi connectivity index (χ2n) is 5.66. The Morgan fingerprint density at radius 1 is 1.09 bits per heavy atom. The van der Waals surface area contributed by atoms with Crippen LogP contribution < -0.4 is 59.1 Å². The summed E-state index contributed by atoms with van der Waals surface area (Å²) in [5.74, 6) is -0.481. The number of hydrogen-bond donors (Lipinski definition) is 0. The van der Waals surface area contributed by atoms with Crippen molar-refractivity contribution in [2.75, 3.05) is 11.5 Å². The Morgan fingerprint density at radius 3 is 2.34 bits per heavy atom. The second-order valence-corrected chi connectivity index (χ2v) is 10.4. The molecule has 0 bridgehead atoms. The average Bonchev–Trinajstić information content (AvgIpc) is 3.25. The number of azo groups is 1. The first-order valence-electron chi connectivity index (χ1n) is 7.96. The predicted molar refractivity (Wildman–Crippen MR) is 106 cm³/mol. The largest absolute Gasteiger partial charge is 1.00 e. The molecule has 3 aromatic rings. The van der Waals surface area contributed by atoms with Gasteiger partial charge in [0.1, 0.15) is 15.8 Å². The fourth-order valence-electron chi connectivity index (χ4n) is 2.08. The van der Waals surface area contributed by atoms with Crippen LogP contribution in [0.25, 0.3) is 5.69 Å². The zero-order valence-corrected chi connectivity index (χ0v) is 24.3. The van der Waals surface area contributed by atoms with Crippen LogP contribution in [0.5, 0.6) is 0 Å². The Kier molecular flexibility index (Phi) is 11.6. The van der Waals surface area contributed by atoms with E-state index in [1.807, 2.05) is 0 Å². The SMILES string of the molecule is Cc1nn(-c2ccc(S(=O)(=O)[O-])cc2)cc1N=Nc1nc(SCCS(=O)(=O)[O-])ns1.[Na+].[Na+]. The van der Waals surface area contributed by atoms with E-state index in [0.29, 0.717) is 22.2 Å². The van der Waals surface area contributed by atoms with Crippen LogP contribution >= 0.6 is 23.3 Å². The number of hydrogen-bond acceptors (Lipinski definition) is 13. The summed E-state index contributed by atoms with van der Waals surface area (Å²) in [4.78, 5) is 3.73. The minimum atomic E-state index is -4.53. The molecule has 0 amide bonds. The maximum absolute atomic E-state index is 11.0. The summed E-state index contributed by atoms with van der Waals surface area (Å²) in [7, 11) is -8.82. The van der Waals surface area contributed by atoms with Gasteiger partial charge in [0.25, 0.3) is 0 Å². The standard InChI is InChI=1S/C14H14N6O6S4.2Na/c1-9-12(8-20(18-9)10-2-4-11(5-3-10)30(24,25)26)16-17-13-15-14(19-28-13)27-6-7-29(21,22)23;;/h2-5,8H,6-7H2,1H3,(H,21,22,23)(H,24,25,26);;/q;2*+1/p-2. The molecule has 32 heavy (non-hydrogen) atoms. The zero-order chi connectivity index (χ0) is 21.9. The fourth-order valence-corrected chi connectivity index (χ4v) is 4.82. The fraction of sp³-hybridized carbons (Fsp3) is 0.214. The van der Waals surface area contributed by atoms with Crippen molar-refractivity contribution in [3.63, 3.8) is 0 Å². The first-order chi connectivity index (χ1) is 14.0. The summed E-state index contributed by atoms with van der Waals surface area (Å²) in [6.45, 7) is 1.70. The van der Waals surface area contributed by atoms with E-state index < -0.39 is 26.0 Å². The van der Waals surface area contributed by atoms with Gasteiger partial charge in [-0.05, 0) is 31.2 Å². The van der Waals surface area contributed by atoms with E-state index in [4.69, 9.17) is 0 Å². The molecule has 3 rings (SSSR count). The molecule has 2 aromatic heterocycles. The molecule has 0 N–H and O–H groups in total. The molecule has 0 unspecified atom stereocenters. The molecule has 0 aliphatic carbocycles. The molecule has 160 valence electrons. The third kappa shape index (κ3) is 8.84. The molecule has 1 aromatic carbocycles. The molecule has 0 aliphatic heterocycles. The number of nitrogens with zero attached hydrogens (tertiary/aromatic N) is 6. The number of thioether (sulfide) groups is 1. The van der Waals surface area contributed by atoms with Crippen LogP contribution in [0, 0.1) is 6.92 Å². The number of aryl methyl sites for hydroxylation is 1. The van der Waals surface area contributed by atoms with Gasteiger partial charge in [-0.15, -0.1) is 10.2 Å². The van der Waals surface area contributed by atoms with Crippen molar-refractivity contribution in [1.29, 1.82) is 0 Å². The Labute approximate surface area is 236 Å². The van der Waals surface area contributed by atoms with Crippen LogP contribution in [0.4, 0.5) is 10.8 Å². The topological polar surface area (TPSA) is 183 Å². The Hall–Kier alpha value is -0.240. The van der Waals surface area contributed by atoms with Crippen molar-refractivity contribution in [1.82, 2.24) is 19.1 Å². The smallest absolute Gasteiger partial charge is 0.748 e. The summed E-state index contributed by atoms with van der Waals surface area (Å²) in [6.07, 6.45) is 1.56. The summed E-state index contributed by atoms with van der Waals surface area (Å²) in [5, 5.41) is 12.8. The maximum atomic E-state index is 11.0. The monoisotopic (exact) mass is 534 g/mol. The van der Waals surface area contributed by atoms with E-state index in [2.05, 4.69) is 24.7 Å². The molecule has 0 fully saturated rings. The van der Waals surface area contributed by atoms with Crippen molar-refractivity contribution < 1.29 is 85.1 Å². The van der Waals surface area contributed by atoms with Crippen molar-refractivity contribution >= 4 is 54.3 Å². The third-order valence-corrected chi connectivity index (χ3v) is 6.84. The van der Waals surface area contributed by atoms with Gasteiger partial charge in [-0.3, -0.25) is 0 Å². The number of rotatable bonds is 8. The van der Waals surface area contributed by atoms with Crippen LogP contribution in [0.15, 0.2) is 50.7 Å². The second kappa shape index (κ2) is 12.5. The summed E-state index contributed by atoms with van der Waals surface area (Å²) < 4.78 is 70.2. The van der Waals surface area contributed by atoms with Crippen LogP contribution in [-0.4, -0.2) is 56.6 Å². The third-order valence-electron chi connectivity index (χ3n) is 3.47. The van der Waals surface area contributed by atoms with Crippen LogP contribution in [-0.2, 0) is 20.2 Å².